The number of halogens is 4. The van der Waals surface area contributed by atoms with Crippen LogP contribution in [-0.4, -0.2) is 257 Å². The van der Waals surface area contributed by atoms with Crippen LogP contribution in [-0.2, 0) is 63.0 Å². The van der Waals surface area contributed by atoms with E-state index in [9.17, 15) is 28.8 Å². The van der Waals surface area contributed by atoms with Gasteiger partial charge in [0.25, 0.3) is 11.8 Å². The van der Waals surface area contributed by atoms with Gasteiger partial charge in [-0.3, -0.25) is 29.2 Å². The van der Waals surface area contributed by atoms with Gasteiger partial charge in [-0.05, 0) is 291 Å². The predicted molar refractivity (Wildman–Crippen MR) is 549 cm³/mol. The minimum absolute atomic E-state index is 0.0251. The molecule has 28 heteroatoms. The zero-order valence-corrected chi connectivity index (χ0v) is 84.8. The summed E-state index contributed by atoms with van der Waals surface area (Å²) in [4.78, 5) is 113. The quantitative estimate of drug-likeness (QED) is 0.0585. The Morgan fingerprint density at radius 3 is 1.31 bits per heavy atom. The molecule has 0 radical (unpaired) electrons. The second-order valence-electron chi connectivity index (χ2n) is 38.6. The third-order valence-electron chi connectivity index (χ3n) is 28.1. The largest absolute Gasteiger partial charge is 0.450 e. The van der Waals surface area contributed by atoms with Crippen molar-refractivity contribution < 1.29 is 47.7 Å². The number of hydrogen-bond donors (Lipinski definition) is 4. The van der Waals surface area contributed by atoms with Crippen LogP contribution in [0.25, 0.3) is 43.6 Å². The van der Waals surface area contributed by atoms with Gasteiger partial charge >= 0.3 is 24.4 Å². The molecule has 8 aromatic carbocycles. The molecule has 4 N–H and O–H groups in total. The van der Waals surface area contributed by atoms with Crippen molar-refractivity contribution in [3.8, 4) is 0 Å². The molecule has 724 valence electrons. The smallest absolute Gasteiger partial charge is 0.410 e. The Morgan fingerprint density at radius 1 is 0.438 bits per heavy atom. The first-order valence-electron chi connectivity index (χ1n) is 48.7. The van der Waals surface area contributed by atoms with E-state index in [0.29, 0.717) is 99.3 Å². The topological polar surface area (TPSA) is 235 Å². The highest BCUT2D eigenvalue weighted by Gasteiger charge is 2.42. The fourth-order valence-corrected chi connectivity index (χ4v) is 22.0. The van der Waals surface area contributed by atoms with Crippen molar-refractivity contribution in [2.75, 3.05) is 146 Å². The zero-order valence-electron chi connectivity index (χ0n) is 81.0. The van der Waals surface area contributed by atoms with E-state index in [-0.39, 0.29) is 71.7 Å². The first-order chi connectivity index (χ1) is 66.0. The van der Waals surface area contributed by atoms with Crippen molar-refractivity contribution in [2.24, 2.45) is 5.92 Å². The number of aromatic nitrogens is 4. The number of likely N-dealkylation sites (tertiary alicyclic amines) is 2. The van der Waals surface area contributed by atoms with Crippen molar-refractivity contribution in [1.29, 1.82) is 0 Å². The Bertz CT molecular complexity index is 6290. The Morgan fingerprint density at radius 2 is 0.847 bits per heavy atom. The highest BCUT2D eigenvalue weighted by molar-refractivity contribution is 9.10. The molecule has 6 amide bonds. The summed E-state index contributed by atoms with van der Waals surface area (Å²) in [6.07, 6.45) is 7.39. The molecule has 4 aromatic heterocycles. The molecule has 7 aliphatic heterocycles. The zero-order chi connectivity index (χ0) is 96.6. The number of likely N-dealkylation sites (N-methyl/N-ethyl adjacent to an activating group) is 3. The number of nitrogens with one attached hydrogen (secondary N) is 4. The molecule has 5 atom stereocenters. The van der Waals surface area contributed by atoms with Gasteiger partial charge in [-0.2, -0.15) is 0 Å². The maximum Gasteiger partial charge on any atom is 0.410 e. The number of nitrogens with zero attached hydrogens (tertiary/aromatic N) is 10. The number of carbonyl (C=O) groups excluding carboxylic acids is 6. The number of amides is 6. The van der Waals surface area contributed by atoms with Crippen LogP contribution in [0.2, 0.25) is 15.1 Å². The number of aromatic amines is 4. The molecule has 11 heterocycles. The summed E-state index contributed by atoms with van der Waals surface area (Å²) in [5.74, 6) is 0.322. The summed E-state index contributed by atoms with van der Waals surface area (Å²) in [7, 11) is 8.41. The van der Waals surface area contributed by atoms with Crippen LogP contribution < -0.4 is 0 Å². The molecule has 0 aliphatic carbocycles. The fraction of sp³-hybridized carbons (Fsp3) is 0.431. The van der Waals surface area contributed by atoms with Gasteiger partial charge < -0.3 is 68.3 Å². The molecule has 5 unspecified atom stereocenters. The highest BCUT2D eigenvalue weighted by Crippen LogP contribution is 2.46. The molecule has 19 rings (SSSR count). The number of piperidine rings is 1. The second-order valence-corrected chi connectivity index (χ2v) is 40.8. The molecule has 3 fully saturated rings. The number of hydrogen-bond acceptors (Lipinski definition) is 14. The number of H-pyrrole nitrogens is 4. The second kappa shape index (κ2) is 44.1. The standard InChI is InChI=1S/C30H35ClN4O3.C27H33ClN2O2.C26H33BrN4O2.C26H29ClN4O3/c1-2-38-30(37)35-18-13-24-25-19-22(31)9-10-26(25)32-27(24)28(35)20-5-7-21(8-6-20)29(36)34-16-11-23(12-17-34)33-14-3-4-15-33;1-6-32-26(31)30-14-13-21-22-16-20(28)11-12-23(22)29-24(21)25(30)17(2)15-18-7-9-19(10-8-18)27(3,4)5;1-5-33-26(32)31-13-12-21-22-16-20(27)10-11-23(22)28-24(21)25(31)19-8-6-18(7-9-19)17-30(4)15-14-29(2)3;1-3-34-26(33)31-10-9-20-21-16-19(27)7-8-22(21)28-23(20)24(31)17-5-4-6-18(15-17)25(32)30-13-11-29(2)12-14-30/h5-10,19,23,28,32H,2-4,11-18H2,1H3;7-12,16-17,25,29H,6,13-15H2,1-5H3;6-11,16,25,28H,5,12-15,17H2,1-4H3;4-8,15-16,24,28H,3,9-14H2,1-2H3. The Balaban J connectivity index is 0.000000133. The van der Waals surface area contributed by atoms with Crippen molar-refractivity contribution in [1.82, 2.24) is 68.9 Å². The average Bonchev–Trinajstić information content (AvgIpc) is 1.63. The van der Waals surface area contributed by atoms with E-state index >= 15 is 0 Å². The number of benzene rings is 8. The maximum atomic E-state index is 13.3. The molecule has 0 saturated carbocycles. The van der Waals surface area contributed by atoms with Crippen molar-refractivity contribution in [2.45, 2.75) is 155 Å². The average molecular weight is 1980 g/mol. The van der Waals surface area contributed by atoms with Crippen LogP contribution in [0.5, 0.6) is 0 Å². The van der Waals surface area contributed by atoms with Gasteiger partial charge in [0.2, 0.25) is 0 Å². The molecular weight excluding hydrogens is 1850 g/mol. The Hall–Kier alpha value is -10.9. The maximum absolute atomic E-state index is 13.3. The Kier molecular flexibility index (Phi) is 31.9. The lowest BCUT2D eigenvalue weighted by atomic mass is 9.84. The molecule has 0 bridgehead atoms. The van der Waals surface area contributed by atoms with E-state index in [0.717, 1.165) is 177 Å². The molecule has 24 nitrogen and oxygen atoms in total. The van der Waals surface area contributed by atoms with E-state index in [2.05, 4.69) is 172 Å². The van der Waals surface area contributed by atoms with Gasteiger partial charge in [-0.15, -0.1) is 0 Å². The van der Waals surface area contributed by atoms with E-state index < -0.39 is 0 Å². The fourth-order valence-electron chi connectivity index (χ4n) is 21.1. The number of rotatable bonds is 18. The molecule has 7 aliphatic rings. The normalized spacial score (nSPS) is 18.3. The third kappa shape index (κ3) is 22.4. The molecule has 12 aromatic rings. The van der Waals surface area contributed by atoms with E-state index in [1.807, 2.05) is 156 Å². The summed E-state index contributed by atoms with van der Waals surface area (Å²) < 4.78 is 22.7. The minimum atomic E-state index is -0.380. The summed E-state index contributed by atoms with van der Waals surface area (Å²) in [5.41, 5.74) is 21.4. The number of carbonyl (C=O) groups is 6. The summed E-state index contributed by atoms with van der Waals surface area (Å²) in [5, 5.41) is 6.63. The van der Waals surface area contributed by atoms with Gasteiger partial charge in [0.1, 0.15) is 18.1 Å². The van der Waals surface area contributed by atoms with E-state index in [1.165, 1.54) is 64.7 Å². The van der Waals surface area contributed by atoms with Gasteiger partial charge in [-0.1, -0.05) is 151 Å². The molecule has 0 spiro atoms. The van der Waals surface area contributed by atoms with Crippen LogP contribution >= 0.6 is 50.7 Å². The lowest BCUT2D eigenvalue weighted by molar-refractivity contribution is 0.0641. The summed E-state index contributed by atoms with van der Waals surface area (Å²) in [6, 6.07) is 56.5. The van der Waals surface area contributed by atoms with Crippen LogP contribution in [0, 0.1) is 5.92 Å². The van der Waals surface area contributed by atoms with E-state index in [4.69, 9.17) is 53.8 Å². The van der Waals surface area contributed by atoms with E-state index in [1.54, 1.807) is 9.80 Å². The van der Waals surface area contributed by atoms with Gasteiger partial charge in [0.15, 0.2) is 0 Å². The number of ether oxygens (including phenoxy) is 4. The number of fused-ring (bicyclic) bond motifs is 12. The lowest BCUT2D eigenvalue weighted by Crippen LogP contribution is -2.47. The van der Waals surface area contributed by atoms with Crippen molar-refractivity contribution in [3.05, 3.63) is 279 Å². The first-order valence-corrected chi connectivity index (χ1v) is 50.6. The summed E-state index contributed by atoms with van der Waals surface area (Å²) in [6.45, 7) is 30.1. The third-order valence-corrected chi connectivity index (χ3v) is 29.3. The SMILES string of the molecule is CCOC(=O)N1CCc2c([nH]c3ccc(Br)cc23)C1c1ccc(CN(C)CCN(C)C)cc1.CCOC(=O)N1CCc2c([nH]c3ccc(Cl)cc23)C1C(C)Cc1ccc(C(C)(C)C)cc1.CCOC(=O)N1CCc2c([nH]c3ccc(Cl)cc23)C1c1ccc(C(=O)N2CCC(N3CCCC3)CC2)cc1.CCOC(=O)N1CCc2c([nH]c3ccc(Cl)cc23)C1c1cccc(C(=O)N2CCN(C)CC2)c1. The van der Waals surface area contributed by atoms with Crippen LogP contribution in [0.3, 0.4) is 0 Å². The van der Waals surface area contributed by atoms with Crippen LogP contribution in [0.1, 0.15) is 204 Å². The predicted octanol–water partition coefficient (Wildman–Crippen LogP) is 22.0. The van der Waals surface area contributed by atoms with Crippen molar-refractivity contribution in [3.63, 3.8) is 0 Å². The van der Waals surface area contributed by atoms with Gasteiger partial charge in [0, 0.05) is 188 Å². The van der Waals surface area contributed by atoms with Gasteiger partial charge in [-0.25, -0.2) is 19.2 Å². The van der Waals surface area contributed by atoms with Crippen molar-refractivity contribution >= 4 is 131 Å². The van der Waals surface area contributed by atoms with Gasteiger partial charge in [0.05, 0.1) is 32.5 Å². The first kappa shape index (κ1) is 99.2. The molecule has 137 heavy (non-hydrogen) atoms. The minimum Gasteiger partial charge on any atom is -0.450 e. The van der Waals surface area contributed by atoms with Crippen LogP contribution in [0.4, 0.5) is 19.2 Å². The molecular formula is C109H130BrCl3N14O10. The summed E-state index contributed by atoms with van der Waals surface area (Å²) >= 11 is 22.5. The highest BCUT2D eigenvalue weighted by atomic mass is 79.9. The number of piperazine rings is 1. The Labute approximate surface area is 828 Å². The lowest BCUT2D eigenvalue weighted by Gasteiger charge is -2.38. The van der Waals surface area contributed by atoms with Crippen LogP contribution in [0.15, 0.2) is 174 Å². The molecule has 3 saturated heterocycles. The monoisotopic (exact) mass is 1980 g/mol.